The van der Waals surface area contributed by atoms with Gasteiger partial charge in [-0.2, -0.15) is 0 Å². The monoisotopic (exact) mass is 220 g/mol. The molecule has 3 atom stereocenters. The molecule has 0 aromatic rings. The van der Waals surface area contributed by atoms with Gasteiger partial charge in [0.15, 0.2) is 0 Å². The molecule has 2 aliphatic rings. The fraction of sp³-hybridized carbons (Fsp3) is 0.733. The van der Waals surface area contributed by atoms with Gasteiger partial charge in [0.25, 0.3) is 0 Å². The number of fused-ring (bicyclic) bond motifs is 1. The van der Waals surface area contributed by atoms with Crippen molar-refractivity contribution in [3.05, 3.63) is 24.3 Å². The zero-order chi connectivity index (χ0) is 11.9. The van der Waals surface area contributed by atoms with Crippen LogP contribution in [0, 0.1) is 17.3 Å². The van der Waals surface area contributed by atoms with Gasteiger partial charge in [-0.1, -0.05) is 32.6 Å². The second-order valence-corrected chi connectivity index (χ2v) is 6.32. The number of allylic oxidation sites excluding steroid dienone is 1. The zero-order valence-corrected chi connectivity index (χ0v) is 10.6. The van der Waals surface area contributed by atoms with Crippen molar-refractivity contribution in [3.63, 3.8) is 0 Å². The van der Waals surface area contributed by atoms with Gasteiger partial charge in [-0.05, 0) is 54.9 Å². The molecule has 0 spiro atoms. The highest BCUT2D eigenvalue weighted by atomic mass is 16.3. The van der Waals surface area contributed by atoms with Crippen molar-refractivity contribution in [2.45, 2.75) is 52.1 Å². The van der Waals surface area contributed by atoms with Gasteiger partial charge in [-0.15, -0.1) is 0 Å². The highest BCUT2D eigenvalue weighted by Crippen LogP contribution is 2.56. The van der Waals surface area contributed by atoms with E-state index in [9.17, 15) is 5.11 Å². The molecule has 0 aliphatic heterocycles. The third kappa shape index (κ3) is 1.98. The molecule has 2 unspecified atom stereocenters. The molecular weight excluding hydrogens is 196 g/mol. The van der Waals surface area contributed by atoms with E-state index in [0.29, 0.717) is 17.3 Å². The fourth-order valence-electron chi connectivity index (χ4n) is 3.48. The Hall–Kier alpha value is -0.560. The Labute approximate surface area is 99.3 Å². The summed E-state index contributed by atoms with van der Waals surface area (Å²) >= 11 is 0. The van der Waals surface area contributed by atoms with Crippen LogP contribution in [0.1, 0.15) is 46.0 Å². The maximum atomic E-state index is 10.1. The molecule has 0 bridgehead atoms. The predicted octanol–water partition coefficient (Wildman–Crippen LogP) is 3.70. The normalized spacial score (nSPS) is 39.1. The molecular formula is C15H24O. The van der Waals surface area contributed by atoms with Crippen molar-refractivity contribution >= 4 is 0 Å². The number of aliphatic hydroxyl groups is 1. The van der Waals surface area contributed by atoms with E-state index in [4.69, 9.17) is 0 Å². The van der Waals surface area contributed by atoms with E-state index < -0.39 is 0 Å². The maximum absolute atomic E-state index is 10.1. The third-order valence-electron chi connectivity index (χ3n) is 4.72. The van der Waals surface area contributed by atoms with E-state index in [1.54, 1.807) is 0 Å². The molecule has 2 saturated carbocycles. The van der Waals surface area contributed by atoms with Crippen LogP contribution in [-0.2, 0) is 0 Å². The van der Waals surface area contributed by atoms with E-state index in [-0.39, 0.29) is 6.10 Å². The molecule has 2 rings (SSSR count). The first kappa shape index (κ1) is 11.9. The summed E-state index contributed by atoms with van der Waals surface area (Å²) in [5.41, 5.74) is 2.81. The fourth-order valence-corrected chi connectivity index (χ4v) is 3.48. The largest absolute Gasteiger partial charge is 0.389 e. The molecule has 90 valence electrons. The average Bonchev–Trinajstić information content (AvgIpc) is 2.24. The lowest BCUT2D eigenvalue weighted by atomic mass is 9.52. The topological polar surface area (TPSA) is 20.2 Å². The van der Waals surface area contributed by atoms with Crippen molar-refractivity contribution in [1.29, 1.82) is 0 Å². The molecule has 2 aliphatic carbocycles. The van der Waals surface area contributed by atoms with Gasteiger partial charge in [0.1, 0.15) is 0 Å². The van der Waals surface area contributed by atoms with Crippen LogP contribution in [0.4, 0.5) is 0 Å². The molecule has 0 saturated heterocycles. The van der Waals surface area contributed by atoms with Crippen molar-refractivity contribution in [2.75, 3.05) is 0 Å². The van der Waals surface area contributed by atoms with Crippen molar-refractivity contribution in [3.8, 4) is 0 Å². The van der Waals surface area contributed by atoms with Gasteiger partial charge >= 0.3 is 0 Å². The maximum Gasteiger partial charge on any atom is 0.0753 e. The Kier molecular flexibility index (Phi) is 3.00. The molecule has 0 amide bonds. The zero-order valence-electron chi connectivity index (χ0n) is 10.6. The number of hydrogen-bond donors (Lipinski definition) is 1. The molecule has 1 heteroatoms. The molecule has 0 heterocycles. The standard InChI is InChI=1S/C15H24O/c1-10-5-7-13-12(9-15(13,3)4)11(2)14(16)8-6-10/h12-14,16H,1-2,5-9H2,3-4H3/t12?,13?,14-/m0/s1. The lowest BCUT2D eigenvalue weighted by Gasteiger charge is -2.53. The van der Waals surface area contributed by atoms with Crippen LogP contribution in [-0.4, -0.2) is 11.2 Å². The van der Waals surface area contributed by atoms with Crippen LogP contribution in [0.25, 0.3) is 0 Å². The van der Waals surface area contributed by atoms with Gasteiger partial charge in [0, 0.05) is 0 Å². The van der Waals surface area contributed by atoms with Crippen LogP contribution in [0.3, 0.4) is 0 Å². The van der Waals surface area contributed by atoms with Crippen LogP contribution < -0.4 is 0 Å². The summed E-state index contributed by atoms with van der Waals surface area (Å²) in [5.74, 6) is 1.25. The van der Waals surface area contributed by atoms with Crippen LogP contribution in [0.5, 0.6) is 0 Å². The van der Waals surface area contributed by atoms with E-state index >= 15 is 0 Å². The molecule has 0 radical (unpaired) electrons. The van der Waals surface area contributed by atoms with Crippen molar-refractivity contribution in [2.24, 2.45) is 17.3 Å². The average molecular weight is 220 g/mol. The molecule has 0 aromatic carbocycles. The summed E-state index contributed by atoms with van der Waals surface area (Å²) in [4.78, 5) is 0. The minimum absolute atomic E-state index is 0.307. The van der Waals surface area contributed by atoms with Crippen LogP contribution in [0.15, 0.2) is 24.3 Å². The van der Waals surface area contributed by atoms with E-state index in [2.05, 4.69) is 27.0 Å². The summed E-state index contributed by atoms with van der Waals surface area (Å²) in [5, 5.41) is 10.1. The second-order valence-electron chi connectivity index (χ2n) is 6.32. The molecule has 0 aromatic heterocycles. The summed E-state index contributed by atoms with van der Waals surface area (Å²) in [7, 11) is 0. The molecule has 1 nitrogen and oxygen atoms in total. The first-order valence-corrected chi connectivity index (χ1v) is 6.45. The van der Waals surface area contributed by atoms with Crippen molar-refractivity contribution in [1.82, 2.24) is 0 Å². The predicted molar refractivity (Wildman–Crippen MR) is 68.1 cm³/mol. The number of aliphatic hydroxyl groups excluding tert-OH is 1. The van der Waals surface area contributed by atoms with Gasteiger partial charge < -0.3 is 5.11 Å². The molecule has 16 heavy (non-hydrogen) atoms. The summed E-state index contributed by atoms with van der Waals surface area (Å²) in [6.07, 6.45) is 5.02. The van der Waals surface area contributed by atoms with Gasteiger partial charge in [-0.3, -0.25) is 0 Å². The minimum atomic E-state index is -0.307. The lowest BCUT2D eigenvalue weighted by Crippen LogP contribution is -2.46. The van der Waals surface area contributed by atoms with Crippen LogP contribution >= 0.6 is 0 Å². The molecule has 2 fully saturated rings. The Morgan fingerprint density at radius 2 is 1.81 bits per heavy atom. The Balaban J connectivity index is 2.16. The molecule has 1 N–H and O–H groups in total. The lowest BCUT2D eigenvalue weighted by molar-refractivity contribution is -0.00594. The second kappa shape index (κ2) is 4.03. The summed E-state index contributed by atoms with van der Waals surface area (Å²) in [6.45, 7) is 12.9. The summed E-state index contributed by atoms with van der Waals surface area (Å²) < 4.78 is 0. The third-order valence-corrected chi connectivity index (χ3v) is 4.72. The highest BCUT2D eigenvalue weighted by Gasteiger charge is 2.48. The van der Waals surface area contributed by atoms with Gasteiger partial charge in [0.2, 0.25) is 0 Å². The number of rotatable bonds is 0. The Morgan fingerprint density at radius 3 is 2.44 bits per heavy atom. The Morgan fingerprint density at radius 1 is 1.19 bits per heavy atom. The first-order valence-electron chi connectivity index (χ1n) is 6.45. The smallest absolute Gasteiger partial charge is 0.0753 e. The highest BCUT2D eigenvalue weighted by molar-refractivity contribution is 5.18. The van der Waals surface area contributed by atoms with Crippen molar-refractivity contribution < 1.29 is 5.11 Å². The minimum Gasteiger partial charge on any atom is -0.389 e. The first-order chi connectivity index (χ1) is 7.42. The quantitative estimate of drug-likeness (QED) is 0.617. The van der Waals surface area contributed by atoms with E-state index in [1.807, 2.05) is 0 Å². The van der Waals surface area contributed by atoms with E-state index in [1.165, 1.54) is 18.4 Å². The van der Waals surface area contributed by atoms with Crippen LogP contribution in [0.2, 0.25) is 0 Å². The number of hydrogen-bond acceptors (Lipinski definition) is 1. The summed E-state index contributed by atoms with van der Waals surface area (Å²) in [6, 6.07) is 0. The van der Waals surface area contributed by atoms with Gasteiger partial charge in [-0.25, -0.2) is 0 Å². The van der Waals surface area contributed by atoms with E-state index in [0.717, 1.165) is 24.8 Å². The Bertz CT molecular complexity index is 313. The van der Waals surface area contributed by atoms with Gasteiger partial charge in [0.05, 0.1) is 6.10 Å². The SMILES string of the molecule is C=C1CCC2C(CC2(C)C)C(=C)[C@@H](O)CC1.